The fraction of sp³-hybridized carbons (Fsp3) is 0.333. The van der Waals surface area contributed by atoms with Crippen LogP contribution in [0.5, 0.6) is 0 Å². The van der Waals surface area contributed by atoms with Crippen molar-refractivity contribution < 1.29 is 0 Å². The molecule has 98 valence electrons. The normalized spacial score (nSPS) is 16.8. The highest BCUT2D eigenvalue weighted by molar-refractivity contribution is 6.06. The number of amidine groups is 1. The summed E-state index contributed by atoms with van der Waals surface area (Å²) in [6.45, 7) is 3.82. The van der Waals surface area contributed by atoms with E-state index in [0.29, 0.717) is 5.84 Å². The topological polar surface area (TPSA) is 43.2 Å². The van der Waals surface area contributed by atoms with Gasteiger partial charge in [0.1, 0.15) is 11.5 Å². The lowest BCUT2D eigenvalue weighted by molar-refractivity contribution is 0.215. The SMILES string of the molecule is CN1CCN(C(=N)c2nccc3ccccc23)CC1. The van der Waals surface area contributed by atoms with Gasteiger partial charge in [-0.3, -0.25) is 10.4 Å². The molecule has 19 heavy (non-hydrogen) atoms. The molecule has 0 atom stereocenters. The van der Waals surface area contributed by atoms with Gasteiger partial charge in [-0.1, -0.05) is 24.3 Å². The minimum Gasteiger partial charge on any atom is -0.353 e. The van der Waals surface area contributed by atoms with Gasteiger partial charge in [-0.05, 0) is 18.5 Å². The second kappa shape index (κ2) is 4.97. The maximum absolute atomic E-state index is 8.42. The van der Waals surface area contributed by atoms with Gasteiger partial charge in [-0.15, -0.1) is 0 Å². The minimum absolute atomic E-state index is 0.546. The maximum atomic E-state index is 8.42. The number of likely N-dealkylation sites (N-methyl/N-ethyl adjacent to an activating group) is 1. The summed E-state index contributed by atoms with van der Waals surface area (Å²) in [5.74, 6) is 0.546. The van der Waals surface area contributed by atoms with Gasteiger partial charge >= 0.3 is 0 Å². The number of pyridine rings is 1. The van der Waals surface area contributed by atoms with Crippen LogP contribution in [-0.2, 0) is 0 Å². The lowest BCUT2D eigenvalue weighted by atomic mass is 10.1. The molecule has 1 N–H and O–H groups in total. The smallest absolute Gasteiger partial charge is 0.147 e. The molecule has 1 aromatic carbocycles. The first-order valence-electron chi connectivity index (χ1n) is 6.62. The monoisotopic (exact) mass is 254 g/mol. The zero-order valence-electron chi connectivity index (χ0n) is 11.1. The van der Waals surface area contributed by atoms with E-state index in [0.717, 1.165) is 42.6 Å². The lowest BCUT2D eigenvalue weighted by Crippen LogP contribution is -2.47. The van der Waals surface area contributed by atoms with Gasteiger partial charge in [0.2, 0.25) is 0 Å². The van der Waals surface area contributed by atoms with Gasteiger partial charge in [0.25, 0.3) is 0 Å². The van der Waals surface area contributed by atoms with Crippen LogP contribution < -0.4 is 0 Å². The lowest BCUT2D eigenvalue weighted by Gasteiger charge is -2.34. The third-order valence-electron chi connectivity index (χ3n) is 3.72. The fourth-order valence-electron chi connectivity index (χ4n) is 2.49. The van der Waals surface area contributed by atoms with E-state index in [4.69, 9.17) is 5.41 Å². The largest absolute Gasteiger partial charge is 0.353 e. The number of hydrogen-bond donors (Lipinski definition) is 1. The molecule has 1 fully saturated rings. The van der Waals surface area contributed by atoms with Crippen LogP contribution in [-0.4, -0.2) is 53.8 Å². The molecule has 0 radical (unpaired) electrons. The minimum atomic E-state index is 0.546. The van der Waals surface area contributed by atoms with E-state index in [1.54, 1.807) is 6.20 Å². The number of aromatic nitrogens is 1. The van der Waals surface area contributed by atoms with E-state index in [1.165, 1.54) is 0 Å². The Morgan fingerprint density at radius 1 is 1.11 bits per heavy atom. The molecule has 1 saturated heterocycles. The first-order valence-corrected chi connectivity index (χ1v) is 6.62. The Hall–Kier alpha value is -1.94. The second-order valence-corrected chi connectivity index (χ2v) is 5.02. The van der Waals surface area contributed by atoms with Crippen LogP contribution in [0, 0.1) is 5.41 Å². The number of rotatable bonds is 1. The number of fused-ring (bicyclic) bond motifs is 1. The molecule has 1 aromatic heterocycles. The molecule has 0 bridgehead atoms. The predicted molar refractivity (Wildman–Crippen MR) is 77.6 cm³/mol. The number of hydrogen-bond acceptors (Lipinski definition) is 3. The molecule has 0 spiro atoms. The van der Waals surface area contributed by atoms with Crippen molar-refractivity contribution in [1.82, 2.24) is 14.8 Å². The van der Waals surface area contributed by atoms with Crippen LogP contribution in [0.15, 0.2) is 36.5 Å². The van der Waals surface area contributed by atoms with Crippen LogP contribution in [0.2, 0.25) is 0 Å². The van der Waals surface area contributed by atoms with Crippen LogP contribution in [0.25, 0.3) is 10.8 Å². The fourth-order valence-corrected chi connectivity index (χ4v) is 2.49. The van der Waals surface area contributed by atoms with Gasteiger partial charge in [0, 0.05) is 37.8 Å². The third-order valence-corrected chi connectivity index (χ3v) is 3.72. The Labute approximate surface area is 113 Å². The van der Waals surface area contributed by atoms with Crippen molar-refractivity contribution in [3.05, 3.63) is 42.2 Å². The summed E-state index contributed by atoms with van der Waals surface area (Å²) in [5, 5.41) is 10.6. The molecule has 0 unspecified atom stereocenters. The zero-order valence-corrected chi connectivity index (χ0v) is 11.1. The van der Waals surface area contributed by atoms with E-state index < -0.39 is 0 Å². The Kier molecular flexibility index (Phi) is 3.17. The number of nitrogens with one attached hydrogen (secondary N) is 1. The van der Waals surface area contributed by atoms with Gasteiger partial charge in [-0.25, -0.2) is 0 Å². The van der Waals surface area contributed by atoms with Crippen molar-refractivity contribution in [2.24, 2.45) is 0 Å². The molecule has 4 heteroatoms. The summed E-state index contributed by atoms with van der Waals surface area (Å²) in [6.07, 6.45) is 1.79. The summed E-state index contributed by atoms with van der Waals surface area (Å²) in [5.41, 5.74) is 0.794. The van der Waals surface area contributed by atoms with Crippen LogP contribution in [0.1, 0.15) is 5.69 Å². The molecule has 1 aliphatic rings. The molecule has 0 amide bonds. The molecule has 0 aliphatic carbocycles. The average molecular weight is 254 g/mol. The maximum Gasteiger partial charge on any atom is 0.147 e. The van der Waals surface area contributed by atoms with E-state index in [1.807, 2.05) is 24.3 Å². The number of benzene rings is 1. The van der Waals surface area contributed by atoms with Crippen molar-refractivity contribution in [1.29, 1.82) is 5.41 Å². The Morgan fingerprint density at radius 2 is 1.84 bits per heavy atom. The molecule has 2 aromatic rings. The Bertz CT molecular complexity index is 595. The molecular weight excluding hydrogens is 236 g/mol. The third kappa shape index (κ3) is 2.31. The Morgan fingerprint density at radius 3 is 2.63 bits per heavy atom. The van der Waals surface area contributed by atoms with Gasteiger partial charge in [0.15, 0.2) is 0 Å². The first-order chi connectivity index (χ1) is 9.25. The summed E-state index contributed by atoms with van der Waals surface area (Å²) in [4.78, 5) is 8.83. The highest BCUT2D eigenvalue weighted by Crippen LogP contribution is 2.18. The summed E-state index contributed by atoms with van der Waals surface area (Å²) >= 11 is 0. The number of piperazine rings is 1. The highest BCUT2D eigenvalue weighted by Gasteiger charge is 2.19. The van der Waals surface area contributed by atoms with Crippen LogP contribution >= 0.6 is 0 Å². The van der Waals surface area contributed by atoms with Crippen LogP contribution in [0.3, 0.4) is 0 Å². The predicted octanol–water partition coefficient (Wildman–Crippen LogP) is 1.81. The van der Waals surface area contributed by atoms with Crippen molar-refractivity contribution in [2.45, 2.75) is 0 Å². The van der Waals surface area contributed by atoms with Gasteiger partial charge in [-0.2, -0.15) is 0 Å². The molecule has 4 nitrogen and oxygen atoms in total. The zero-order chi connectivity index (χ0) is 13.2. The summed E-state index contributed by atoms with van der Waals surface area (Å²) in [6, 6.07) is 10.1. The standard InChI is InChI=1S/C15H18N4/c1-18-8-10-19(11-9-18)15(16)14-13-5-3-2-4-12(13)6-7-17-14/h2-7,16H,8-11H2,1H3. The summed E-state index contributed by atoms with van der Waals surface area (Å²) < 4.78 is 0. The van der Waals surface area contributed by atoms with Crippen molar-refractivity contribution in [3.8, 4) is 0 Å². The van der Waals surface area contributed by atoms with E-state index in [9.17, 15) is 0 Å². The molecule has 0 saturated carbocycles. The van der Waals surface area contributed by atoms with Crippen molar-refractivity contribution in [3.63, 3.8) is 0 Å². The van der Waals surface area contributed by atoms with E-state index >= 15 is 0 Å². The van der Waals surface area contributed by atoms with Crippen LogP contribution in [0.4, 0.5) is 0 Å². The second-order valence-electron chi connectivity index (χ2n) is 5.02. The molecule has 3 rings (SSSR count). The average Bonchev–Trinajstić information content (AvgIpc) is 2.47. The van der Waals surface area contributed by atoms with E-state index in [2.05, 4.69) is 27.9 Å². The van der Waals surface area contributed by atoms with Crippen molar-refractivity contribution in [2.75, 3.05) is 33.2 Å². The number of nitrogens with zero attached hydrogens (tertiary/aromatic N) is 3. The highest BCUT2D eigenvalue weighted by atomic mass is 15.3. The molecular formula is C15H18N4. The van der Waals surface area contributed by atoms with Gasteiger partial charge < -0.3 is 9.80 Å². The summed E-state index contributed by atoms with van der Waals surface area (Å²) in [7, 11) is 2.12. The van der Waals surface area contributed by atoms with Crippen molar-refractivity contribution >= 4 is 16.6 Å². The van der Waals surface area contributed by atoms with E-state index in [-0.39, 0.29) is 0 Å². The molecule has 1 aliphatic heterocycles. The quantitative estimate of drug-likeness (QED) is 0.623. The Balaban J connectivity index is 1.93. The van der Waals surface area contributed by atoms with Gasteiger partial charge in [0.05, 0.1) is 0 Å². The first kappa shape index (κ1) is 12.1. The molecule has 2 heterocycles.